The van der Waals surface area contributed by atoms with Gasteiger partial charge in [-0.3, -0.25) is 0 Å². The maximum atomic E-state index is 5.47. The van der Waals surface area contributed by atoms with E-state index in [0.29, 0.717) is 11.8 Å². The first-order valence-electron chi connectivity index (χ1n) is 6.31. The molecular formula is C14H22BBrO2. The van der Waals surface area contributed by atoms with Gasteiger partial charge < -0.3 is 9.31 Å². The van der Waals surface area contributed by atoms with Crippen molar-refractivity contribution in [2.45, 2.75) is 39.5 Å². The average molecular weight is 313 g/mol. The van der Waals surface area contributed by atoms with E-state index in [1.165, 1.54) is 16.6 Å². The van der Waals surface area contributed by atoms with Gasteiger partial charge in [0.2, 0.25) is 0 Å². The molecule has 1 aromatic rings. The van der Waals surface area contributed by atoms with Crippen LogP contribution in [-0.2, 0) is 9.31 Å². The molecule has 0 atom stereocenters. The van der Waals surface area contributed by atoms with E-state index in [9.17, 15) is 0 Å². The maximum Gasteiger partial charge on any atom is 0.494 e. The van der Waals surface area contributed by atoms with Crippen molar-refractivity contribution in [3.8, 4) is 0 Å². The predicted octanol–water partition coefficient (Wildman–Crippen LogP) is 3.68. The normalized spacial score (nSPS) is 11.4. The lowest BCUT2D eigenvalue weighted by Gasteiger charge is -2.22. The fourth-order valence-corrected chi connectivity index (χ4v) is 2.71. The molecule has 0 N–H and O–H groups in total. The van der Waals surface area contributed by atoms with Crippen molar-refractivity contribution in [3.63, 3.8) is 0 Å². The summed E-state index contributed by atoms with van der Waals surface area (Å²) >= 11 is 3.60. The fourth-order valence-electron chi connectivity index (χ4n) is 2.22. The first kappa shape index (κ1) is 15.7. The smallest absolute Gasteiger partial charge is 0.410 e. The molecule has 100 valence electrons. The minimum atomic E-state index is -0.298. The molecule has 18 heavy (non-hydrogen) atoms. The zero-order valence-electron chi connectivity index (χ0n) is 12.1. The number of halogens is 1. The number of benzene rings is 1. The predicted molar refractivity (Wildman–Crippen MR) is 81.7 cm³/mol. The summed E-state index contributed by atoms with van der Waals surface area (Å²) in [7, 11) is 3.07. The van der Waals surface area contributed by atoms with E-state index in [-0.39, 0.29) is 7.12 Å². The van der Waals surface area contributed by atoms with Crippen molar-refractivity contribution in [3.05, 3.63) is 27.7 Å². The molecule has 0 amide bonds. The van der Waals surface area contributed by atoms with Crippen molar-refractivity contribution in [1.82, 2.24) is 0 Å². The van der Waals surface area contributed by atoms with Crippen LogP contribution in [0.5, 0.6) is 0 Å². The molecule has 0 saturated carbocycles. The Morgan fingerprint density at radius 3 is 1.61 bits per heavy atom. The summed E-state index contributed by atoms with van der Waals surface area (Å²) in [6, 6.07) is 4.33. The van der Waals surface area contributed by atoms with Gasteiger partial charge in [0, 0.05) is 18.7 Å². The molecule has 1 aromatic carbocycles. The van der Waals surface area contributed by atoms with Crippen molar-refractivity contribution in [2.24, 2.45) is 0 Å². The number of hydrogen-bond donors (Lipinski definition) is 0. The van der Waals surface area contributed by atoms with E-state index in [1.807, 2.05) is 0 Å². The van der Waals surface area contributed by atoms with Crippen LogP contribution in [0, 0.1) is 0 Å². The van der Waals surface area contributed by atoms with Crippen LogP contribution in [0.15, 0.2) is 16.6 Å². The van der Waals surface area contributed by atoms with Gasteiger partial charge in [-0.15, -0.1) is 0 Å². The van der Waals surface area contributed by atoms with Crippen LogP contribution in [0.4, 0.5) is 0 Å². The van der Waals surface area contributed by atoms with E-state index in [1.54, 1.807) is 14.2 Å². The van der Waals surface area contributed by atoms with Crippen molar-refractivity contribution in [1.29, 1.82) is 0 Å². The Kier molecular flexibility index (Phi) is 5.89. The third-order valence-corrected chi connectivity index (χ3v) is 3.57. The molecule has 0 fully saturated rings. The lowest BCUT2D eigenvalue weighted by molar-refractivity contribution is 0.291. The summed E-state index contributed by atoms with van der Waals surface area (Å²) < 4.78 is 12.1. The van der Waals surface area contributed by atoms with Crippen LogP contribution in [0.25, 0.3) is 0 Å². The average Bonchev–Trinajstić information content (AvgIpc) is 2.31. The molecule has 0 bridgehead atoms. The molecular weight excluding hydrogens is 291 g/mol. The van der Waals surface area contributed by atoms with Crippen LogP contribution in [0.3, 0.4) is 0 Å². The largest absolute Gasteiger partial charge is 0.494 e. The van der Waals surface area contributed by atoms with Gasteiger partial charge in [0.15, 0.2) is 0 Å². The highest BCUT2D eigenvalue weighted by molar-refractivity contribution is 9.10. The molecule has 0 radical (unpaired) electrons. The van der Waals surface area contributed by atoms with Gasteiger partial charge in [0.25, 0.3) is 0 Å². The molecule has 0 saturated heterocycles. The molecule has 2 nitrogen and oxygen atoms in total. The summed E-state index contributed by atoms with van der Waals surface area (Å²) in [5, 5.41) is 0. The Morgan fingerprint density at radius 1 is 0.944 bits per heavy atom. The van der Waals surface area contributed by atoms with E-state index < -0.39 is 0 Å². The second-order valence-electron chi connectivity index (χ2n) is 5.11. The van der Waals surface area contributed by atoms with E-state index in [0.717, 1.165) is 4.47 Å². The maximum absolute atomic E-state index is 5.47. The highest BCUT2D eigenvalue weighted by Gasteiger charge is 2.27. The molecule has 0 unspecified atom stereocenters. The third kappa shape index (κ3) is 3.37. The van der Waals surface area contributed by atoms with Gasteiger partial charge in [-0.05, 0) is 40.6 Å². The Morgan fingerprint density at radius 2 is 1.33 bits per heavy atom. The first-order chi connectivity index (χ1) is 8.42. The Bertz CT molecular complexity index is 372. The summed E-state index contributed by atoms with van der Waals surface area (Å²) in [5.74, 6) is 0.866. The number of hydrogen-bond acceptors (Lipinski definition) is 2. The molecule has 1 rings (SSSR count). The molecule has 0 aliphatic heterocycles. The second kappa shape index (κ2) is 6.74. The minimum absolute atomic E-state index is 0.298. The van der Waals surface area contributed by atoms with E-state index >= 15 is 0 Å². The van der Waals surface area contributed by atoms with Gasteiger partial charge >= 0.3 is 7.12 Å². The van der Waals surface area contributed by atoms with Gasteiger partial charge in [-0.1, -0.05) is 43.6 Å². The van der Waals surface area contributed by atoms with Crippen LogP contribution in [-0.4, -0.2) is 21.3 Å². The summed E-state index contributed by atoms with van der Waals surface area (Å²) in [6.07, 6.45) is 0. The van der Waals surface area contributed by atoms with Crippen LogP contribution in [0.2, 0.25) is 0 Å². The zero-order valence-corrected chi connectivity index (χ0v) is 13.7. The van der Waals surface area contributed by atoms with E-state index in [4.69, 9.17) is 9.31 Å². The van der Waals surface area contributed by atoms with Gasteiger partial charge in [-0.25, -0.2) is 0 Å². The molecule has 0 spiro atoms. The molecule has 4 heteroatoms. The molecule has 0 aromatic heterocycles. The Labute approximate surface area is 119 Å². The van der Waals surface area contributed by atoms with Crippen molar-refractivity contribution in [2.75, 3.05) is 14.2 Å². The van der Waals surface area contributed by atoms with Crippen molar-refractivity contribution >= 4 is 28.5 Å². The summed E-state index contributed by atoms with van der Waals surface area (Å²) in [5.41, 5.74) is 3.73. The number of rotatable bonds is 5. The SMILES string of the molecule is COB(OC)c1c(C(C)C)cc(Br)cc1C(C)C. The van der Waals surface area contributed by atoms with E-state index in [2.05, 4.69) is 55.8 Å². The summed E-state index contributed by atoms with van der Waals surface area (Å²) in [4.78, 5) is 0. The van der Waals surface area contributed by atoms with Gasteiger partial charge in [0.1, 0.15) is 0 Å². The van der Waals surface area contributed by atoms with Crippen molar-refractivity contribution < 1.29 is 9.31 Å². The van der Waals surface area contributed by atoms with Gasteiger partial charge in [0.05, 0.1) is 0 Å². The fraction of sp³-hybridized carbons (Fsp3) is 0.571. The molecule has 0 aliphatic rings. The molecule has 0 heterocycles. The standard InChI is InChI=1S/C14H22BBrO2/c1-9(2)12-7-11(16)8-13(10(3)4)14(12)15(17-5)18-6/h7-10H,1-6H3. The highest BCUT2D eigenvalue weighted by atomic mass is 79.9. The monoisotopic (exact) mass is 312 g/mol. The Hall–Kier alpha value is -0.315. The molecule has 0 aliphatic carbocycles. The zero-order chi connectivity index (χ0) is 13.9. The lowest BCUT2D eigenvalue weighted by Crippen LogP contribution is -2.40. The minimum Gasteiger partial charge on any atom is -0.410 e. The van der Waals surface area contributed by atoms with Crippen LogP contribution in [0.1, 0.15) is 50.7 Å². The topological polar surface area (TPSA) is 18.5 Å². The third-order valence-electron chi connectivity index (χ3n) is 3.12. The second-order valence-corrected chi connectivity index (χ2v) is 6.03. The summed E-state index contributed by atoms with van der Waals surface area (Å²) in [6.45, 7) is 8.77. The lowest BCUT2D eigenvalue weighted by atomic mass is 9.69. The van der Waals surface area contributed by atoms with Gasteiger partial charge in [-0.2, -0.15) is 0 Å². The highest BCUT2D eigenvalue weighted by Crippen LogP contribution is 2.25. The Balaban J connectivity index is 3.49. The quantitative estimate of drug-likeness (QED) is 0.772. The first-order valence-corrected chi connectivity index (χ1v) is 7.10. The van der Waals surface area contributed by atoms with Crippen LogP contribution < -0.4 is 5.46 Å². The van der Waals surface area contributed by atoms with Crippen LogP contribution >= 0.6 is 15.9 Å².